The number of fused-ring (bicyclic) bond motifs is 1. The zero-order valence-electron chi connectivity index (χ0n) is 14.5. The van der Waals surface area contributed by atoms with E-state index >= 15 is 0 Å². The third-order valence-corrected chi connectivity index (χ3v) is 5.52. The Morgan fingerprint density at radius 3 is 2.70 bits per heavy atom. The number of amides is 1. The van der Waals surface area contributed by atoms with Gasteiger partial charge in [0.15, 0.2) is 5.16 Å². The van der Waals surface area contributed by atoms with E-state index in [9.17, 15) is 9.59 Å². The van der Waals surface area contributed by atoms with Gasteiger partial charge in [0.1, 0.15) is 0 Å². The Morgan fingerprint density at radius 1 is 1.19 bits per heavy atom. The molecule has 3 aromatic rings. The number of nitrogens with one attached hydrogen (secondary N) is 1. The highest BCUT2D eigenvalue weighted by Gasteiger charge is 2.13. The van der Waals surface area contributed by atoms with Crippen molar-refractivity contribution in [1.29, 1.82) is 0 Å². The van der Waals surface area contributed by atoms with Crippen LogP contribution >= 0.6 is 35.0 Å². The van der Waals surface area contributed by atoms with Crippen molar-refractivity contribution in [3.8, 4) is 0 Å². The van der Waals surface area contributed by atoms with Gasteiger partial charge in [-0.2, -0.15) is 0 Å². The predicted molar refractivity (Wildman–Crippen MR) is 112 cm³/mol. The lowest BCUT2D eigenvalue weighted by Gasteiger charge is -2.12. The summed E-state index contributed by atoms with van der Waals surface area (Å²) < 4.78 is 1.62. The normalized spacial score (nSPS) is 10.9. The van der Waals surface area contributed by atoms with Gasteiger partial charge >= 0.3 is 0 Å². The zero-order chi connectivity index (χ0) is 19.4. The van der Waals surface area contributed by atoms with E-state index in [0.717, 1.165) is 6.42 Å². The van der Waals surface area contributed by atoms with E-state index in [1.165, 1.54) is 11.8 Å². The van der Waals surface area contributed by atoms with Crippen LogP contribution in [0.1, 0.15) is 13.3 Å². The number of hydrogen-bond donors (Lipinski definition) is 1. The first-order valence-corrected chi connectivity index (χ1v) is 10.1. The fourth-order valence-corrected chi connectivity index (χ4v) is 3.70. The standard InChI is InChI=1S/C19H17Cl2N3O2S/c1-2-9-24-18(26)13-5-3-4-6-16(13)23-19(24)27-11-17(25)22-12-7-8-14(20)15(21)10-12/h3-8,10H,2,9,11H2,1H3,(H,22,25). The third-order valence-electron chi connectivity index (χ3n) is 3.81. The first kappa shape index (κ1) is 19.7. The van der Waals surface area contributed by atoms with E-state index in [0.29, 0.717) is 38.3 Å². The molecule has 8 heteroatoms. The van der Waals surface area contributed by atoms with Gasteiger partial charge in [-0.1, -0.05) is 54.0 Å². The fraction of sp³-hybridized carbons (Fsp3) is 0.211. The highest BCUT2D eigenvalue weighted by molar-refractivity contribution is 7.99. The summed E-state index contributed by atoms with van der Waals surface area (Å²) >= 11 is 13.1. The average Bonchev–Trinajstić information content (AvgIpc) is 2.66. The summed E-state index contributed by atoms with van der Waals surface area (Å²) in [4.78, 5) is 29.6. The Labute approximate surface area is 170 Å². The number of para-hydroxylation sites is 1. The highest BCUT2D eigenvalue weighted by atomic mass is 35.5. The minimum Gasteiger partial charge on any atom is -0.325 e. The molecule has 0 bridgehead atoms. The minimum atomic E-state index is -0.219. The Hall–Kier alpha value is -2.02. The average molecular weight is 422 g/mol. The van der Waals surface area contributed by atoms with Crippen molar-refractivity contribution in [2.75, 3.05) is 11.1 Å². The van der Waals surface area contributed by atoms with Crippen molar-refractivity contribution in [3.63, 3.8) is 0 Å². The molecule has 0 fully saturated rings. The van der Waals surface area contributed by atoms with Gasteiger partial charge in [0.2, 0.25) is 5.91 Å². The molecule has 27 heavy (non-hydrogen) atoms. The maximum Gasteiger partial charge on any atom is 0.262 e. The summed E-state index contributed by atoms with van der Waals surface area (Å²) in [6.45, 7) is 2.54. The van der Waals surface area contributed by atoms with Gasteiger partial charge in [0.05, 0.1) is 26.7 Å². The van der Waals surface area contributed by atoms with Crippen LogP contribution in [0.2, 0.25) is 10.0 Å². The van der Waals surface area contributed by atoms with E-state index in [4.69, 9.17) is 23.2 Å². The summed E-state index contributed by atoms with van der Waals surface area (Å²) in [5.41, 5.74) is 1.10. The molecule has 1 N–H and O–H groups in total. The number of anilines is 1. The van der Waals surface area contributed by atoms with Crippen LogP contribution in [0, 0.1) is 0 Å². The summed E-state index contributed by atoms with van der Waals surface area (Å²) in [6, 6.07) is 12.1. The van der Waals surface area contributed by atoms with Crippen LogP contribution in [-0.4, -0.2) is 21.2 Å². The second-order valence-corrected chi connectivity index (χ2v) is 7.59. The molecule has 0 atom stereocenters. The molecular weight excluding hydrogens is 405 g/mol. The van der Waals surface area contributed by atoms with Gasteiger partial charge in [-0.05, 0) is 36.8 Å². The van der Waals surface area contributed by atoms with Gasteiger partial charge in [-0.3, -0.25) is 14.2 Å². The second-order valence-electron chi connectivity index (χ2n) is 5.83. The maximum atomic E-state index is 12.7. The first-order valence-electron chi connectivity index (χ1n) is 8.37. The number of aromatic nitrogens is 2. The molecule has 0 unspecified atom stereocenters. The SMILES string of the molecule is CCCn1c(SCC(=O)Nc2ccc(Cl)c(Cl)c2)nc2ccccc2c1=O. The van der Waals surface area contributed by atoms with Crippen LogP contribution in [0.3, 0.4) is 0 Å². The van der Waals surface area contributed by atoms with Gasteiger partial charge in [-0.15, -0.1) is 0 Å². The number of benzene rings is 2. The first-order chi connectivity index (χ1) is 13.0. The van der Waals surface area contributed by atoms with Crippen molar-refractivity contribution in [1.82, 2.24) is 9.55 Å². The Morgan fingerprint density at radius 2 is 1.96 bits per heavy atom. The number of hydrogen-bond acceptors (Lipinski definition) is 4. The van der Waals surface area contributed by atoms with E-state index in [-0.39, 0.29) is 17.2 Å². The molecule has 0 aliphatic carbocycles. The molecule has 0 aliphatic rings. The quantitative estimate of drug-likeness (QED) is 0.456. The lowest BCUT2D eigenvalue weighted by Crippen LogP contribution is -2.24. The fourth-order valence-electron chi connectivity index (χ4n) is 2.58. The van der Waals surface area contributed by atoms with Crippen molar-refractivity contribution in [3.05, 3.63) is 62.9 Å². The predicted octanol–water partition coefficient (Wildman–Crippen LogP) is 4.84. The van der Waals surface area contributed by atoms with Crippen molar-refractivity contribution < 1.29 is 4.79 Å². The van der Waals surface area contributed by atoms with Gasteiger partial charge in [-0.25, -0.2) is 4.98 Å². The van der Waals surface area contributed by atoms with Crippen LogP contribution in [0.4, 0.5) is 5.69 Å². The van der Waals surface area contributed by atoms with E-state index in [2.05, 4.69) is 10.3 Å². The van der Waals surface area contributed by atoms with E-state index in [1.807, 2.05) is 19.1 Å². The number of nitrogens with zero attached hydrogens (tertiary/aromatic N) is 2. The lowest BCUT2D eigenvalue weighted by atomic mass is 10.2. The van der Waals surface area contributed by atoms with Gasteiger partial charge in [0, 0.05) is 12.2 Å². The summed E-state index contributed by atoms with van der Waals surface area (Å²) in [6.07, 6.45) is 0.795. The summed E-state index contributed by atoms with van der Waals surface area (Å²) in [7, 11) is 0. The Bertz CT molecular complexity index is 1050. The van der Waals surface area contributed by atoms with Crippen LogP contribution in [0.5, 0.6) is 0 Å². The minimum absolute atomic E-state index is 0.0881. The van der Waals surface area contributed by atoms with Crippen molar-refractivity contribution in [2.24, 2.45) is 0 Å². The van der Waals surface area contributed by atoms with Crippen molar-refractivity contribution >= 4 is 57.5 Å². The lowest BCUT2D eigenvalue weighted by molar-refractivity contribution is -0.113. The molecule has 5 nitrogen and oxygen atoms in total. The van der Waals surface area contributed by atoms with Gasteiger partial charge < -0.3 is 5.32 Å². The molecule has 140 valence electrons. The number of halogens is 2. The molecule has 2 aromatic carbocycles. The molecule has 1 aromatic heterocycles. The van der Waals surface area contributed by atoms with E-state index in [1.54, 1.807) is 34.9 Å². The monoisotopic (exact) mass is 421 g/mol. The maximum absolute atomic E-state index is 12.7. The third kappa shape index (κ3) is 4.64. The summed E-state index contributed by atoms with van der Waals surface area (Å²) in [5, 5.41) is 4.67. The zero-order valence-corrected chi connectivity index (χ0v) is 16.9. The molecule has 1 amide bonds. The molecule has 0 spiro atoms. The second kappa shape index (κ2) is 8.78. The van der Waals surface area contributed by atoms with Crippen LogP contribution in [-0.2, 0) is 11.3 Å². The molecule has 0 aliphatic heterocycles. The van der Waals surface area contributed by atoms with E-state index < -0.39 is 0 Å². The molecule has 3 rings (SSSR count). The number of thioether (sulfide) groups is 1. The molecule has 0 saturated heterocycles. The van der Waals surface area contributed by atoms with Crippen LogP contribution in [0.25, 0.3) is 10.9 Å². The largest absolute Gasteiger partial charge is 0.325 e. The molecule has 0 radical (unpaired) electrons. The number of rotatable bonds is 6. The molecule has 0 saturated carbocycles. The number of carbonyl (C=O) groups is 1. The smallest absolute Gasteiger partial charge is 0.262 e. The highest BCUT2D eigenvalue weighted by Crippen LogP contribution is 2.25. The Balaban J connectivity index is 1.79. The molecular formula is C19H17Cl2N3O2S. The van der Waals surface area contributed by atoms with Crippen LogP contribution < -0.4 is 10.9 Å². The number of carbonyl (C=O) groups excluding carboxylic acids is 1. The summed E-state index contributed by atoms with van der Waals surface area (Å²) in [5.74, 6) is -0.0989. The topological polar surface area (TPSA) is 64.0 Å². The van der Waals surface area contributed by atoms with Crippen molar-refractivity contribution in [2.45, 2.75) is 25.0 Å². The molecule has 1 heterocycles. The van der Waals surface area contributed by atoms with Crippen LogP contribution in [0.15, 0.2) is 52.4 Å². The Kier molecular flexibility index (Phi) is 6.42. The van der Waals surface area contributed by atoms with Gasteiger partial charge in [0.25, 0.3) is 5.56 Å².